The van der Waals surface area contributed by atoms with Gasteiger partial charge in [-0.05, 0) is 53.9 Å². The van der Waals surface area contributed by atoms with E-state index >= 15 is 0 Å². The van der Waals surface area contributed by atoms with Gasteiger partial charge in [-0.1, -0.05) is 12.1 Å². The van der Waals surface area contributed by atoms with E-state index < -0.39 is 18.1 Å². The Labute approximate surface area is 211 Å². The van der Waals surface area contributed by atoms with Crippen LogP contribution in [-0.4, -0.2) is 42.2 Å². The molecule has 1 saturated heterocycles. The molecule has 3 heterocycles. The molecule has 0 saturated carbocycles. The maximum atomic E-state index is 12.8. The molecule has 3 aromatic rings. The number of hydrogen-bond acceptors (Lipinski definition) is 6. The normalized spacial score (nSPS) is 16.4. The highest BCUT2D eigenvalue weighted by Gasteiger charge is 2.39. The first kappa shape index (κ1) is 24.6. The van der Waals surface area contributed by atoms with Gasteiger partial charge in [0.15, 0.2) is 0 Å². The number of benzene rings is 2. The van der Waals surface area contributed by atoms with Crippen molar-refractivity contribution < 1.29 is 32.6 Å². The number of halogens is 2. The number of alkyl halides is 2. The Balaban J connectivity index is 1.41. The third kappa shape index (κ3) is 5.54. The number of nitrogens with zero attached hydrogens (tertiary/aromatic N) is 1. The van der Waals surface area contributed by atoms with Crippen LogP contribution in [0.1, 0.15) is 35.2 Å². The second kappa shape index (κ2) is 10.1. The SMILES string of the molecule is Cc1ccc(NC(=O)c2ccnc(OC(F)F)c2)cc1-c1ccc2c(c1)OC1(CCOCC1)CC(=O)N2. The largest absolute Gasteiger partial charge is 0.484 e. The van der Waals surface area contributed by atoms with Gasteiger partial charge in [0.1, 0.15) is 11.4 Å². The van der Waals surface area contributed by atoms with Crippen molar-refractivity contribution in [3.8, 4) is 22.8 Å². The summed E-state index contributed by atoms with van der Waals surface area (Å²) in [5, 5.41) is 5.72. The van der Waals surface area contributed by atoms with E-state index in [0.717, 1.165) is 22.8 Å². The Morgan fingerprint density at radius 1 is 1.14 bits per heavy atom. The van der Waals surface area contributed by atoms with Crippen LogP contribution in [0.2, 0.25) is 0 Å². The average Bonchev–Trinajstić information content (AvgIpc) is 2.99. The molecule has 192 valence electrons. The van der Waals surface area contributed by atoms with E-state index in [2.05, 4.69) is 20.4 Å². The predicted molar refractivity (Wildman–Crippen MR) is 132 cm³/mol. The zero-order chi connectivity index (χ0) is 26.0. The number of carbonyl (C=O) groups excluding carboxylic acids is 2. The van der Waals surface area contributed by atoms with Gasteiger partial charge in [-0.25, -0.2) is 4.98 Å². The number of anilines is 2. The molecule has 37 heavy (non-hydrogen) atoms. The van der Waals surface area contributed by atoms with Crippen LogP contribution in [0.15, 0.2) is 54.7 Å². The van der Waals surface area contributed by atoms with Crippen LogP contribution in [0.4, 0.5) is 20.2 Å². The van der Waals surface area contributed by atoms with Crippen LogP contribution < -0.4 is 20.1 Å². The van der Waals surface area contributed by atoms with Gasteiger partial charge in [0.25, 0.3) is 5.91 Å². The number of aromatic nitrogens is 1. The Bertz CT molecular complexity index is 1340. The Hall–Kier alpha value is -4.05. The summed E-state index contributed by atoms with van der Waals surface area (Å²) in [6.45, 7) is -0.0104. The second-order valence-corrected chi connectivity index (χ2v) is 9.08. The number of pyridine rings is 1. The van der Waals surface area contributed by atoms with E-state index in [4.69, 9.17) is 9.47 Å². The Morgan fingerprint density at radius 2 is 1.95 bits per heavy atom. The van der Waals surface area contributed by atoms with Gasteiger partial charge >= 0.3 is 6.61 Å². The molecule has 2 aromatic carbocycles. The number of rotatable bonds is 5. The highest BCUT2D eigenvalue weighted by molar-refractivity contribution is 6.04. The van der Waals surface area contributed by atoms with Crippen molar-refractivity contribution in [2.75, 3.05) is 23.8 Å². The molecule has 0 unspecified atom stereocenters. The summed E-state index contributed by atoms with van der Waals surface area (Å²) in [6.07, 6.45) is 2.75. The fraction of sp³-hybridized carbons (Fsp3) is 0.296. The molecule has 1 aromatic heterocycles. The van der Waals surface area contributed by atoms with E-state index in [1.54, 1.807) is 6.07 Å². The first-order valence-corrected chi connectivity index (χ1v) is 11.8. The lowest BCUT2D eigenvalue weighted by atomic mass is 9.90. The van der Waals surface area contributed by atoms with Gasteiger partial charge in [0, 0.05) is 36.4 Å². The zero-order valence-electron chi connectivity index (χ0n) is 20.1. The fourth-order valence-electron chi connectivity index (χ4n) is 4.58. The molecule has 0 bridgehead atoms. The number of carbonyl (C=O) groups is 2. The molecule has 2 aliphatic heterocycles. The van der Waals surface area contributed by atoms with E-state index in [9.17, 15) is 18.4 Å². The van der Waals surface area contributed by atoms with Crippen molar-refractivity contribution in [1.82, 2.24) is 4.98 Å². The predicted octanol–water partition coefficient (Wildman–Crippen LogP) is 5.18. The van der Waals surface area contributed by atoms with Crippen LogP contribution in [0.25, 0.3) is 11.1 Å². The molecule has 2 aliphatic rings. The van der Waals surface area contributed by atoms with Gasteiger partial charge in [0.05, 0.1) is 25.3 Å². The molecule has 8 nitrogen and oxygen atoms in total. The van der Waals surface area contributed by atoms with Gasteiger partial charge in [-0.15, -0.1) is 0 Å². The molecule has 1 fully saturated rings. The van der Waals surface area contributed by atoms with E-state index in [-0.39, 0.29) is 23.8 Å². The fourth-order valence-corrected chi connectivity index (χ4v) is 4.58. The van der Waals surface area contributed by atoms with E-state index in [0.29, 0.717) is 43.2 Å². The van der Waals surface area contributed by atoms with Crippen molar-refractivity contribution in [2.24, 2.45) is 0 Å². The van der Waals surface area contributed by atoms with Gasteiger partial charge in [0.2, 0.25) is 11.8 Å². The van der Waals surface area contributed by atoms with Gasteiger partial charge < -0.3 is 24.8 Å². The molecule has 1 spiro atoms. The standard InChI is InChI=1S/C27H25F2N3O5/c1-16-2-4-19(31-25(34)18-6-9-30-24(13-18)36-26(28)29)14-20(16)17-3-5-21-22(12-17)37-27(15-23(33)32-21)7-10-35-11-8-27/h2-6,9,12-14,26H,7-8,10-11,15H2,1H3,(H,31,34)(H,32,33). The summed E-state index contributed by atoms with van der Waals surface area (Å²) >= 11 is 0. The number of hydrogen-bond donors (Lipinski definition) is 2. The summed E-state index contributed by atoms with van der Waals surface area (Å²) < 4.78 is 41.2. The molecule has 2 N–H and O–H groups in total. The molecule has 10 heteroatoms. The molecule has 0 aliphatic carbocycles. The first-order chi connectivity index (χ1) is 17.8. The lowest BCUT2D eigenvalue weighted by Gasteiger charge is -2.35. The smallest absolute Gasteiger partial charge is 0.388 e. The number of nitrogens with one attached hydrogen (secondary N) is 2. The van der Waals surface area contributed by atoms with Crippen molar-refractivity contribution in [2.45, 2.75) is 38.4 Å². The lowest BCUT2D eigenvalue weighted by Crippen LogP contribution is -2.43. The summed E-state index contributed by atoms with van der Waals surface area (Å²) in [6, 6.07) is 13.6. The first-order valence-electron chi connectivity index (χ1n) is 11.8. The number of ether oxygens (including phenoxy) is 3. The minimum absolute atomic E-state index is 0.0903. The topological polar surface area (TPSA) is 98.8 Å². The third-order valence-electron chi connectivity index (χ3n) is 6.48. The summed E-state index contributed by atoms with van der Waals surface area (Å²) in [7, 11) is 0. The maximum absolute atomic E-state index is 12.8. The third-order valence-corrected chi connectivity index (χ3v) is 6.48. The summed E-state index contributed by atoms with van der Waals surface area (Å²) in [5.74, 6) is -0.340. The van der Waals surface area contributed by atoms with Crippen LogP contribution in [-0.2, 0) is 9.53 Å². The maximum Gasteiger partial charge on any atom is 0.388 e. The molecule has 5 rings (SSSR count). The molecule has 0 radical (unpaired) electrons. The quantitative estimate of drug-likeness (QED) is 0.492. The van der Waals surface area contributed by atoms with Crippen LogP contribution in [0.3, 0.4) is 0 Å². The van der Waals surface area contributed by atoms with Crippen molar-refractivity contribution in [3.05, 3.63) is 65.9 Å². The van der Waals surface area contributed by atoms with E-state index in [1.165, 1.54) is 12.3 Å². The number of aryl methyl sites for hydroxylation is 1. The van der Waals surface area contributed by atoms with Gasteiger partial charge in [-0.2, -0.15) is 8.78 Å². The Morgan fingerprint density at radius 3 is 2.73 bits per heavy atom. The highest BCUT2D eigenvalue weighted by atomic mass is 19.3. The minimum atomic E-state index is -3.04. The highest BCUT2D eigenvalue weighted by Crippen LogP contribution is 2.41. The molecule has 2 amide bonds. The van der Waals surface area contributed by atoms with Crippen molar-refractivity contribution in [3.63, 3.8) is 0 Å². The molecular formula is C27H25F2N3O5. The molecule has 0 atom stereocenters. The minimum Gasteiger partial charge on any atom is -0.484 e. The lowest BCUT2D eigenvalue weighted by molar-refractivity contribution is -0.122. The average molecular weight is 510 g/mol. The van der Waals surface area contributed by atoms with E-state index in [1.807, 2.05) is 37.3 Å². The van der Waals surface area contributed by atoms with Gasteiger partial charge in [-0.3, -0.25) is 9.59 Å². The molecular weight excluding hydrogens is 484 g/mol. The summed E-state index contributed by atoms with van der Waals surface area (Å²) in [4.78, 5) is 29.0. The van der Waals surface area contributed by atoms with Crippen molar-refractivity contribution >= 4 is 23.2 Å². The number of fused-ring (bicyclic) bond motifs is 1. The van der Waals surface area contributed by atoms with Crippen molar-refractivity contribution in [1.29, 1.82) is 0 Å². The van der Waals surface area contributed by atoms with Crippen LogP contribution in [0, 0.1) is 6.92 Å². The van der Waals surface area contributed by atoms with Crippen LogP contribution >= 0.6 is 0 Å². The van der Waals surface area contributed by atoms with Crippen LogP contribution in [0.5, 0.6) is 11.6 Å². The second-order valence-electron chi connectivity index (χ2n) is 9.08. The Kier molecular flexibility index (Phi) is 6.75. The monoisotopic (exact) mass is 509 g/mol. The number of amides is 2. The summed E-state index contributed by atoms with van der Waals surface area (Å²) in [5.41, 5.74) is 3.33. The zero-order valence-corrected chi connectivity index (χ0v) is 20.1.